The van der Waals surface area contributed by atoms with E-state index in [-0.39, 0.29) is 12.3 Å². The van der Waals surface area contributed by atoms with Crippen molar-refractivity contribution in [2.24, 2.45) is 5.73 Å². The molecule has 2 atom stereocenters. The van der Waals surface area contributed by atoms with Crippen LogP contribution in [-0.2, 0) is 5.54 Å². The number of para-hydroxylation sites is 2. The largest absolute Gasteiger partial charge is 0.416 e. The van der Waals surface area contributed by atoms with Crippen LogP contribution in [0.2, 0.25) is 0 Å². The molecule has 22 heavy (non-hydrogen) atoms. The average Bonchev–Trinajstić information content (AvgIpc) is 3.00. The van der Waals surface area contributed by atoms with E-state index in [2.05, 4.69) is 5.32 Å². The number of benzene rings is 2. The van der Waals surface area contributed by atoms with Gasteiger partial charge in [0.15, 0.2) is 0 Å². The number of carbonyl (C=O) groups excluding carboxylic acids is 1. The van der Waals surface area contributed by atoms with Crippen molar-refractivity contribution in [2.75, 3.05) is 11.9 Å². The summed E-state index contributed by atoms with van der Waals surface area (Å²) in [7, 11) is 0. The van der Waals surface area contributed by atoms with Crippen molar-refractivity contribution >= 4 is 11.8 Å². The molecule has 4 rings (SSSR count). The molecule has 2 aliphatic heterocycles. The first-order valence-electron chi connectivity index (χ1n) is 7.37. The third-order valence-electron chi connectivity index (χ3n) is 4.47. The Hall–Kier alpha value is -2.53. The number of nitrogens with one attached hydrogen (secondary N) is 1. The minimum atomic E-state index is -0.549. The molecular weight excluding hydrogens is 278 g/mol. The van der Waals surface area contributed by atoms with Crippen LogP contribution in [-0.4, -0.2) is 23.7 Å². The molecular formula is C17H17N3O2. The van der Waals surface area contributed by atoms with Crippen molar-refractivity contribution < 1.29 is 9.53 Å². The number of nitrogens with two attached hydrogens (primary N) is 1. The van der Waals surface area contributed by atoms with Crippen molar-refractivity contribution in [2.45, 2.75) is 18.1 Å². The second-order valence-corrected chi connectivity index (χ2v) is 5.76. The molecule has 3 N–H and O–H groups in total. The fourth-order valence-corrected chi connectivity index (χ4v) is 3.34. The second kappa shape index (κ2) is 4.74. The van der Waals surface area contributed by atoms with E-state index in [9.17, 15) is 4.79 Å². The Morgan fingerprint density at radius 2 is 1.91 bits per heavy atom. The minimum absolute atomic E-state index is 0.263. The van der Waals surface area contributed by atoms with Crippen LogP contribution in [0.1, 0.15) is 12.0 Å². The van der Waals surface area contributed by atoms with Crippen LogP contribution in [0.4, 0.5) is 10.5 Å². The molecule has 0 saturated carbocycles. The van der Waals surface area contributed by atoms with E-state index in [4.69, 9.17) is 10.5 Å². The van der Waals surface area contributed by atoms with Gasteiger partial charge < -0.3 is 15.8 Å². The summed E-state index contributed by atoms with van der Waals surface area (Å²) < 4.78 is 5.44. The van der Waals surface area contributed by atoms with Crippen LogP contribution in [0.3, 0.4) is 0 Å². The third-order valence-corrected chi connectivity index (χ3v) is 4.47. The lowest BCUT2D eigenvalue weighted by Crippen LogP contribution is -2.51. The molecule has 0 radical (unpaired) electrons. The normalized spacial score (nSPS) is 25.3. The van der Waals surface area contributed by atoms with Crippen LogP contribution in [0, 0.1) is 0 Å². The monoisotopic (exact) mass is 295 g/mol. The van der Waals surface area contributed by atoms with Crippen LogP contribution in [0.5, 0.6) is 5.75 Å². The summed E-state index contributed by atoms with van der Waals surface area (Å²) in [5, 5.41) is 3.35. The molecule has 1 saturated heterocycles. The summed E-state index contributed by atoms with van der Waals surface area (Å²) in [5.74, 6) is 0.539. The number of likely N-dealkylation sites (tertiary alicyclic amines) is 1. The summed E-state index contributed by atoms with van der Waals surface area (Å²) in [6, 6.07) is 17.0. The highest BCUT2D eigenvalue weighted by Crippen LogP contribution is 2.45. The van der Waals surface area contributed by atoms with E-state index in [1.54, 1.807) is 17.0 Å². The summed E-state index contributed by atoms with van der Waals surface area (Å²) in [4.78, 5) is 14.1. The first-order valence-corrected chi connectivity index (χ1v) is 7.37. The van der Waals surface area contributed by atoms with Gasteiger partial charge in [-0.05, 0) is 30.2 Å². The number of amides is 1. The molecule has 0 aromatic heterocycles. The van der Waals surface area contributed by atoms with Gasteiger partial charge in [0.05, 0.1) is 5.54 Å². The fourth-order valence-electron chi connectivity index (χ4n) is 3.34. The summed E-state index contributed by atoms with van der Waals surface area (Å²) in [6.07, 6.45) is 0.0795. The number of anilines is 1. The Bertz CT molecular complexity index is 719. The highest BCUT2D eigenvalue weighted by molar-refractivity contribution is 5.74. The number of nitrogens with zero attached hydrogens (tertiary/aromatic N) is 1. The second-order valence-electron chi connectivity index (χ2n) is 5.76. The quantitative estimate of drug-likeness (QED) is 0.848. The van der Waals surface area contributed by atoms with Gasteiger partial charge in [0, 0.05) is 12.2 Å². The Morgan fingerprint density at radius 3 is 2.73 bits per heavy atom. The standard InChI is InChI=1S/C17H17N3O2/c18-17-10-11-20(16(21)22-12-6-2-1-3-7-12)15(17)19-14-9-5-4-8-13(14)17/h1-9,15,19H,10-11,18H2/t15-,17+/m1/s1. The Labute approximate surface area is 128 Å². The maximum atomic E-state index is 12.5. The van der Waals surface area contributed by atoms with Gasteiger partial charge in [-0.15, -0.1) is 0 Å². The third kappa shape index (κ3) is 1.86. The van der Waals surface area contributed by atoms with Crippen molar-refractivity contribution in [1.82, 2.24) is 4.90 Å². The number of hydrogen-bond acceptors (Lipinski definition) is 4. The molecule has 1 fully saturated rings. The highest BCUT2D eigenvalue weighted by Gasteiger charge is 2.53. The molecule has 2 aromatic rings. The predicted octanol–water partition coefficient (Wildman–Crippen LogP) is 2.50. The van der Waals surface area contributed by atoms with Gasteiger partial charge in [-0.1, -0.05) is 36.4 Å². The Kier molecular flexibility index (Phi) is 2.84. The molecule has 0 aliphatic carbocycles. The van der Waals surface area contributed by atoms with Crippen molar-refractivity contribution in [3.05, 3.63) is 60.2 Å². The van der Waals surface area contributed by atoms with Gasteiger partial charge in [0.25, 0.3) is 0 Å². The maximum Gasteiger partial charge on any atom is 0.416 e. The van der Waals surface area contributed by atoms with Gasteiger partial charge in [0.1, 0.15) is 11.9 Å². The first kappa shape index (κ1) is 13.2. The minimum Gasteiger partial charge on any atom is -0.410 e. The van der Waals surface area contributed by atoms with E-state index in [1.807, 2.05) is 42.5 Å². The van der Waals surface area contributed by atoms with E-state index in [1.165, 1.54) is 0 Å². The number of rotatable bonds is 1. The van der Waals surface area contributed by atoms with Crippen LogP contribution >= 0.6 is 0 Å². The van der Waals surface area contributed by atoms with Crippen LogP contribution < -0.4 is 15.8 Å². The zero-order valence-electron chi connectivity index (χ0n) is 12.0. The topological polar surface area (TPSA) is 67.6 Å². The molecule has 2 aromatic carbocycles. The molecule has 2 heterocycles. The number of ether oxygens (including phenoxy) is 1. The van der Waals surface area contributed by atoms with Gasteiger partial charge in [0.2, 0.25) is 0 Å². The molecule has 0 bridgehead atoms. The number of hydrogen-bond donors (Lipinski definition) is 2. The zero-order chi connectivity index (χ0) is 15.2. The van der Waals surface area contributed by atoms with Crippen LogP contribution in [0.25, 0.3) is 0 Å². The predicted molar refractivity (Wildman–Crippen MR) is 83.5 cm³/mol. The van der Waals surface area contributed by atoms with Crippen molar-refractivity contribution in [3.8, 4) is 5.75 Å². The first-order chi connectivity index (χ1) is 10.7. The van der Waals surface area contributed by atoms with Gasteiger partial charge in [-0.25, -0.2) is 4.79 Å². The molecule has 1 amide bonds. The SMILES string of the molecule is N[C@]12CCN(C(=O)Oc3ccccc3)[C@H]1Nc1ccccc12. The molecule has 5 nitrogen and oxygen atoms in total. The van der Waals surface area contributed by atoms with Crippen molar-refractivity contribution in [3.63, 3.8) is 0 Å². The lowest BCUT2D eigenvalue weighted by molar-refractivity contribution is 0.146. The Morgan fingerprint density at radius 1 is 1.18 bits per heavy atom. The molecule has 0 spiro atoms. The Balaban J connectivity index is 1.58. The lowest BCUT2D eigenvalue weighted by Gasteiger charge is -2.28. The summed E-state index contributed by atoms with van der Waals surface area (Å²) in [6.45, 7) is 0.578. The van der Waals surface area contributed by atoms with E-state index < -0.39 is 5.54 Å². The van der Waals surface area contributed by atoms with Gasteiger partial charge in [-0.2, -0.15) is 0 Å². The summed E-state index contributed by atoms with van der Waals surface area (Å²) in [5.41, 5.74) is 8.09. The lowest BCUT2D eigenvalue weighted by atomic mass is 9.90. The van der Waals surface area contributed by atoms with Crippen molar-refractivity contribution in [1.29, 1.82) is 0 Å². The molecule has 112 valence electrons. The highest BCUT2D eigenvalue weighted by atomic mass is 16.6. The van der Waals surface area contributed by atoms with E-state index >= 15 is 0 Å². The maximum absolute atomic E-state index is 12.5. The van der Waals surface area contributed by atoms with E-state index in [0.717, 1.165) is 11.3 Å². The average molecular weight is 295 g/mol. The zero-order valence-corrected chi connectivity index (χ0v) is 12.0. The van der Waals surface area contributed by atoms with Gasteiger partial charge in [-0.3, -0.25) is 4.90 Å². The molecule has 0 unspecified atom stereocenters. The van der Waals surface area contributed by atoms with Crippen LogP contribution in [0.15, 0.2) is 54.6 Å². The molecule has 2 aliphatic rings. The van der Waals surface area contributed by atoms with Gasteiger partial charge >= 0.3 is 6.09 Å². The van der Waals surface area contributed by atoms with E-state index in [0.29, 0.717) is 18.7 Å². The number of carbonyl (C=O) groups is 1. The number of fused-ring (bicyclic) bond motifs is 3. The summed E-state index contributed by atoms with van der Waals surface area (Å²) >= 11 is 0. The smallest absolute Gasteiger partial charge is 0.410 e. The fraction of sp³-hybridized carbons (Fsp3) is 0.235. The molecule has 5 heteroatoms.